The molecule has 3 aromatic carbocycles. The third-order valence-corrected chi connectivity index (χ3v) is 6.11. The predicted octanol–water partition coefficient (Wildman–Crippen LogP) is 3.57. The van der Waals surface area contributed by atoms with E-state index in [4.69, 9.17) is 9.92 Å². The molecule has 1 aromatic heterocycles. The predicted molar refractivity (Wildman–Crippen MR) is 140 cm³/mol. The van der Waals surface area contributed by atoms with Gasteiger partial charge in [-0.05, 0) is 60.0 Å². The van der Waals surface area contributed by atoms with Crippen LogP contribution in [-0.2, 0) is 23.1 Å². The lowest BCUT2D eigenvalue weighted by atomic mass is 10.1. The van der Waals surface area contributed by atoms with E-state index in [2.05, 4.69) is 15.6 Å². The number of aromatic amines is 1. The van der Waals surface area contributed by atoms with Crippen LogP contribution >= 0.6 is 0 Å². The van der Waals surface area contributed by atoms with Gasteiger partial charge in [-0.25, -0.2) is 0 Å². The summed E-state index contributed by atoms with van der Waals surface area (Å²) in [5, 5.41) is 18.2. The van der Waals surface area contributed by atoms with E-state index in [-0.39, 0.29) is 5.75 Å². The minimum absolute atomic E-state index is 0.281. The number of hydrogen-bond acceptors (Lipinski definition) is 7. The van der Waals surface area contributed by atoms with Crippen molar-refractivity contribution in [1.29, 1.82) is 0 Å². The average Bonchev–Trinajstić information content (AvgIpc) is 3.24. The smallest absolute Gasteiger partial charge is 0.306 e. The topological polar surface area (TPSA) is 129 Å². The van der Waals surface area contributed by atoms with Gasteiger partial charge in [0, 0.05) is 36.0 Å². The summed E-state index contributed by atoms with van der Waals surface area (Å²) in [7, 11) is -3.61. The SMILES string of the molecule is CS(=O)(=O)Oc1cccc2c(CCNC[C@H](O)c3cccc(NCc4cccc(N)c4)c3)c[nH]c12. The fourth-order valence-electron chi connectivity index (χ4n) is 3.97. The molecular weight excluding hydrogens is 464 g/mol. The Kier molecular flexibility index (Phi) is 7.60. The zero-order valence-corrected chi connectivity index (χ0v) is 20.3. The van der Waals surface area contributed by atoms with Gasteiger partial charge in [0.1, 0.15) is 0 Å². The summed E-state index contributed by atoms with van der Waals surface area (Å²) >= 11 is 0. The third-order valence-electron chi connectivity index (χ3n) is 5.63. The highest BCUT2D eigenvalue weighted by molar-refractivity contribution is 7.86. The zero-order valence-electron chi connectivity index (χ0n) is 19.5. The number of para-hydroxylation sites is 1. The van der Waals surface area contributed by atoms with Gasteiger partial charge in [0.2, 0.25) is 0 Å². The number of hydrogen-bond donors (Lipinski definition) is 5. The molecule has 0 amide bonds. The first-order valence-corrected chi connectivity index (χ1v) is 13.2. The van der Waals surface area contributed by atoms with Crippen molar-refractivity contribution in [3.05, 3.63) is 89.6 Å². The van der Waals surface area contributed by atoms with Gasteiger partial charge in [0.25, 0.3) is 0 Å². The molecule has 0 radical (unpaired) electrons. The summed E-state index contributed by atoms with van der Waals surface area (Å²) in [4.78, 5) is 3.11. The van der Waals surface area contributed by atoms with Crippen molar-refractivity contribution in [2.45, 2.75) is 19.1 Å². The Morgan fingerprint density at radius 1 is 1.09 bits per heavy atom. The Labute approximate surface area is 205 Å². The molecule has 0 spiro atoms. The van der Waals surface area contributed by atoms with E-state index in [0.717, 1.165) is 39.7 Å². The molecule has 8 nitrogen and oxygen atoms in total. The van der Waals surface area contributed by atoms with Crippen molar-refractivity contribution in [1.82, 2.24) is 10.3 Å². The van der Waals surface area contributed by atoms with E-state index < -0.39 is 16.2 Å². The maximum absolute atomic E-state index is 11.5. The number of nitrogens with one attached hydrogen (secondary N) is 3. The van der Waals surface area contributed by atoms with Crippen molar-refractivity contribution in [3.8, 4) is 5.75 Å². The van der Waals surface area contributed by atoms with Crippen molar-refractivity contribution >= 4 is 32.4 Å². The maximum Gasteiger partial charge on any atom is 0.306 e. The lowest BCUT2D eigenvalue weighted by molar-refractivity contribution is 0.175. The second kappa shape index (κ2) is 10.8. The fraction of sp³-hybridized carbons (Fsp3) is 0.231. The molecule has 6 N–H and O–H groups in total. The molecule has 0 saturated heterocycles. The van der Waals surface area contributed by atoms with Gasteiger partial charge in [0.15, 0.2) is 5.75 Å². The quantitative estimate of drug-likeness (QED) is 0.122. The Morgan fingerprint density at radius 2 is 1.89 bits per heavy atom. The van der Waals surface area contributed by atoms with Crippen LogP contribution in [0.2, 0.25) is 0 Å². The summed E-state index contributed by atoms with van der Waals surface area (Å²) in [6.07, 6.45) is 2.93. The van der Waals surface area contributed by atoms with Crippen molar-refractivity contribution < 1.29 is 17.7 Å². The van der Waals surface area contributed by atoms with Crippen molar-refractivity contribution in [2.75, 3.05) is 30.4 Å². The van der Waals surface area contributed by atoms with Gasteiger partial charge in [0.05, 0.1) is 17.9 Å². The Morgan fingerprint density at radius 3 is 2.69 bits per heavy atom. The van der Waals surface area contributed by atoms with E-state index in [1.54, 1.807) is 12.1 Å². The minimum Gasteiger partial charge on any atom is -0.399 e. The standard InChI is InChI=1S/C26H30N4O4S/c1-35(32,33)34-25-10-4-9-23-20(16-30-26(23)25)11-12-28-17-24(31)19-6-3-8-22(14-19)29-15-18-5-2-7-21(27)13-18/h2-10,13-14,16,24,28-31H,11-12,15,17,27H2,1H3/t24-/m0/s1. The molecule has 0 aliphatic rings. The number of nitrogen functional groups attached to an aromatic ring is 1. The summed E-state index contributed by atoms with van der Waals surface area (Å²) in [6, 6.07) is 20.8. The summed E-state index contributed by atoms with van der Waals surface area (Å²) < 4.78 is 28.1. The monoisotopic (exact) mass is 494 g/mol. The number of nitrogens with two attached hydrogens (primary N) is 1. The lowest BCUT2D eigenvalue weighted by Crippen LogP contribution is -2.23. The molecule has 0 fully saturated rings. The first-order chi connectivity index (χ1) is 16.8. The van der Waals surface area contributed by atoms with Crippen LogP contribution in [0.1, 0.15) is 22.8 Å². The molecule has 4 rings (SSSR count). The normalized spacial score (nSPS) is 12.5. The highest BCUT2D eigenvalue weighted by atomic mass is 32.2. The molecule has 0 aliphatic carbocycles. The minimum atomic E-state index is -3.61. The molecule has 4 aromatic rings. The van der Waals surface area contributed by atoms with Gasteiger partial charge >= 0.3 is 10.1 Å². The highest BCUT2D eigenvalue weighted by Crippen LogP contribution is 2.28. The highest BCUT2D eigenvalue weighted by Gasteiger charge is 2.13. The summed E-state index contributed by atoms with van der Waals surface area (Å²) in [5.74, 6) is 0.281. The fourth-order valence-corrected chi connectivity index (χ4v) is 4.43. The van der Waals surface area contributed by atoms with Gasteiger partial charge in [-0.2, -0.15) is 8.42 Å². The van der Waals surface area contributed by atoms with Crippen molar-refractivity contribution in [3.63, 3.8) is 0 Å². The number of benzene rings is 3. The number of H-pyrrole nitrogens is 1. The van der Waals surface area contributed by atoms with E-state index in [1.807, 2.05) is 60.8 Å². The maximum atomic E-state index is 11.5. The number of fused-ring (bicyclic) bond motifs is 1. The summed E-state index contributed by atoms with van der Waals surface area (Å²) in [6.45, 7) is 1.70. The number of aliphatic hydroxyl groups excluding tert-OH is 1. The molecule has 0 saturated carbocycles. The molecule has 9 heteroatoms. The second-order valence-corrected chi connectivity index (χ2v) is 10.0. The number of aromatic nitrogens is 1. The van der Waals surface area contributed by atoms with Crippen LogP contribution in [0.4, 0.5) is 11.4 Å². The molecule has 1 atom stereocenters. The summed E-state index contributed by atoms with van der Waals surface area (Å²) in [5.41, 5.74) is 11.1. The van der Waals surface area contributed by atoms with Gasteiger partial charge < -0.3 is 30.6 Å². The molecule has 1 heterocycles. The van der Waals surface area contributed by atoms with Crippen LogP contribution in [0.5, 0.6) is 5.75 Å². The number of anilines is 2. The second-order valence-electron chi connectivity index (χ2n) is 8.47. The largest absolute Gasteiger partial charge is 0.399 e. The van der Waals surface area contributed by atoms with Crippen LogP contribution in [0.3, 0.4) is 0 Å². The first kappa shape index (κ1) is 24.6. The average molecular weight is 495 g/mol. The Bertz CT molecular complexity index is 1400. The van der Waals surface area contributed by atoms with Crippen LogP contribution in [0.25, 0.3) is 10.9 Å². The van der Waals surface area contributed by atoms with Crippen LogP contribution in [0, 0.1) is 0 Å². The third kappa shape index (κ3) is 6.75. The van der Waals surface area contributed by atoms with E-state index >= 15 is 0 Å². The van der Waals surface area contributed by atoms with E-state index in [0.29, 0.717) is 31.6 Å². The van der Waals surface area contributed by atoms with Gasteiger partial charge in [-0.3, -0.25) is 0 Å². The molecule has 0 aliphatic heterocycles. The molecular formula is C26H30N4O4S. The molecule has 0 unspecified atom stereocenters. The molecule has 0 bridgehead atoms. The van der Waals surface area contributed by atoms with Crippen LogP contribution in [-0.4, -0.2) is 37.9 Å². The van der Waals surface area contributed by atoms with E-state index in [1.165, 1.54) is 0 Å². The Balaban J connectivity index is 1.29. The molecule has 184 valence electrons. The number of rotatable bonds is 11. The zero-order chi connectivity index (χ0) is 24.8. The Hall–Kier alpha value is -3.53. The van der Waals surface area contributed by atoms with Crippen LogP contribution < -0.4 is 20.6 Å². The first-order valence-electron chi connectivity index (χ1n) is 11.3. The van der Waals surface area contributed by atoms with E-state index in [9.17, 15) is 13.5 Å². The van der Waals surface area contributed by atoms with Crippen LogP contribution in [0.15, 0.2) is 72.9 Å². The molecule has 35 heavy (non-hydrogen) atoms. The van der Waals surface area contributed by atoms with Gasteiger partial charge in [-0.15, -0.1) is 0 Å². The van der Waals surface area contributed by atoms with Gasteiger partial charge in [-0.1, -0.05) is 36.4 Å². The van der Waals surface area contributed by atoms with Crippen molar-refractivity contribution in [2.24, 2.45) is 0 Å². The lowest BCUT2D eigenvalue weighted by Gasteiger charge is -2.14. The number of aliphatic hydroxyl groups is 1.